The first kappa shape index (κ1) is 7.68. The first-order valence-corrected chi connectivity index (χ1v) is 3.13. The van der Waals surface area contributed by atoms with Gasteiger partial charge in [0.05, 0.1) is 0 Å². The number of pyridine rings is 1. The van der Waals surface area contributed by atoms with Crippen LogP contribution < -0.4 is 5.48 Å². The maximum atomic E-state index is 10.9. The van der Waals surface area contributed by atoms with Gasteiger partial charge < -0.3 is 4.84 Å². The molecule has 0 amide bonds. The lowest BCUT2D eigenvalue weighted by atomic mass is 10.4. The van der Waals surface area contributed by atoms with Crippen molar-refractivity contribution in [1.82, 2.24) is 10.5 Å². The van der Waals surface area contributed by atoms with Crippen molar-refractivity contribution in [1.29, 1.82) is 0 Å². The van der Waals surface area contributed by atoms with Gasteiger partial charge in [0.2, 0.25) is 0 Å². The number of aromatic nitrogens is 1. The highest BCUT2D eigenvalue weighted by Gasteiger charge is 2.05. The van der Waals surface area contributed by atoms with E-state index in [1.54, 1.807) is 18.2 Å². The molecular formula is C7H8N2O2. The number of carbonyl (C=O) groups excluding carboxylic acids is 1. The smallest absolute Gasteiger partial charge is 0.366 e. The lowest BCUT2D eigenvalue weighted by molar-refractivity contribution is 0.0303. The Morgan fingerprint density at radius 3 is 3.00 bits per heavy atom. The van der Waals surface area contributed by atoms with Crippen molar-refractivity contribution in [2.45, 2.75) is 0 Å². The van der Waals surface area contributed by atoms with Crippen LogP contribution in [0.15, 0.2) is 24.4 Å². The molecule has 4 nitrogen and oxygen atoms in total. The molecule has 58 valence electrons. The molecule has 0 saturated carbocycles. The van der Waals surface area contributed by atoms with Gasteiger partial charge in [-0.05, 0) is 12.1 Å². The van der Waals surface area contributed by atoms with Crippen molar-refractivity contribution in [2.24, 2.45) is 0 Å². The van der Waals surface area contributed by atoms with E-state index in [-0.39, 0.29) is 0 Å². The van der Waals surface area contributed by atoms with Gasteiger partial charge >= 0.3 is 5.97 Å². The first-order chi connectivity index (χ1) is 5.34. The van der Waals surface area contributed by atoms with E-state index in [1.165, 1.54) is 13.2 Å². The van der Waals surface area contributed by atoms with Crippen molar-refractivity contribution in [3.8, 4) is 0 Å². The fourth-order valence-corrected chi connectivity index (χ4v) is 0.628. The van der Waals surface area contributed by atoms with Crippen molar-refractivity contribution >= 4 is 5.97 Å². The zero-order valence-corrected chi connectivity index (χ0v) is 6.07. The van der Waals surface area contributed by atoms with Gasteiger partial charge in [0.15, 0.2) is 0 Å². The fraction of sp³-hybridized carbons (Fsp3) is 0.143. The van der Waals surface area contributed by atoms with E-state index in [2.05, 4.69) is 15.3 Å². The van der Waals surface area contributed by atoms with Gasteiger partial charge in [-0.25, -0.2) is 9.78 Å². The third-order valence-corrected chi connectivity index (χ3v) is 1.07. The van der Waals surface area contributed by atoms with Crippen LogP contribution in [0.25, 0.3) is 0 Å². The Kier molecular flexibility index (Phi) is 2.57. The normalized spacial score (nSPS) is 9.18. The van der Waals surface area contributed by atoms with Gasteiger partial charge in [0.1, 0.15) is 5.69 Å². The van der Waals surface area contributed by atoms with Crippen molar-refractivity contribution in [2.75, 3.05) is 7.05 Å². The highest BCUT2D eigenvalue weighted by molar-refractivity contribution is 5.86. The molecule has 0 bridgehead atoms. The number of nitrogens with one attached hydrogen (secondary N) is 1. The summed E-state index contributed by atoms with van der Waals surface area (Å²) in [7, 11) is 1.51. The second kappa shape index (κ2) is 3.68. The summed E-state index contributed by atoms with van der Waals surface area (Å²) >= 11 is 0. The molecule has 0 spiro atoms. The van der Waals surface area contributed by atoms with Crippen LogP contribution in [0.4, 0.5) is 0 Å². The minimum Gasteiger partial charge on any atom is -0.366 e. The van der Waals surface area contributed by atoms with Gasteiger partial charge in [-0.3, -0.25) is 0 Å². The Morgan fingerprint density at radius 2 is 2.45 bits per heavy atom. The van der Waals surface area contributed by atoms with E-state index in [0.29, 0.717) is 5.69 Å². The van der Waals surface area contributed by atoms with Crippen molar-refractivity contribution < 1.29 is 9.63 Å². The van der Waals surface area contributed by atoms with Crippen molar-refractivity contribution in [3.05, 3.63) is 30.1 Å². The van der Waals surface area contributed by atoms with Crippen LogP contribution in [0.3, 0.4) is 0 Å². The minimum atomic E-state index is -0.479. The molecule has 0 unspecified atom stereocenters. The maximum Gasteiger partial charge on any atom is 0.375 e. The van der Waals surface area contributed by atoms with Crippen LogP contribution in [-0.4, -0.2) is 18.0 Å². The molecule has 0 saturated heterocycles. The second-order valence-corrected chi connectivity index (χ2v) is 1.81. The number of hydroxylamine groups is 1. The van der Waals surface area contributed by atoms with E-state index in [0.717, 1.165) is 0 Å². The molecule has 1 rings (SSSR count). The van der Waals surface area contributed by atoms with Crippen LogP contribution >= 0.6 is 0 Å². The molecule has 0 aliphatic heterocycles. The Labute approximate surface area is 64.2 Å². The summed E-state index contributed by atoms with van der Waals surface area (Å²) < 4.78 is 0. The summed E-state index contributed by atoms with van der Waals surface area (Å²) in [5.41, 5.74) is 2.57. The predicted molar refractivity (Wildman–Crippen MR) is 38.7 cm³/mol. The summed E-state index contributed by atoms with van der Waals surface area (Å²) in [6, 6.07) is 5.04. The molecule has 0 fully saturated rings. The Morgan fingerprint density at radius 1 is 1.64 bits per heavy atom. The predicted octanol–water partition coefficient (Wildman–Crippen LogP) is 0.373. The van der Waals surface area contributed by atoms with E-state index < -0.39 is 5.97 Å². The van der Waals surface area contributed by atoms with Crippen LogP contribution in [-0.2, 0) is 4.84 Å². The largest absolute Gasteiger partial charge is 0.375 e. The SMILES string of the molecule is CNOC(=O)c1ccccn1. The van der Waals surface area contributed by atoms with E-state index in [4.69, 9.17) is 0 Å². The zero-order chi connectivity index (χ0) is 8.10. The maximum absolute atomic E-state index is 10.9. The highest BCUT2D eigenvalue weighted by Crippen LogP contribution is 1.93. The number of hydrogen-bond donors (Lipinski definition) is 1. The molecule has 0 atom stereocenters. The monoisotopic (exact) mass is 152 g/mol. The van der Waals surface area contributed by atoms with Gasteiger partial charge in [-0.2, -0.15) is 5.48 Å². The molecule has 0 aliphatic rings. The molecule has 1 heterocycles. The van der Waals surface area contributed by atoms with Gasteiger partial charge in [-0.1, -0.05) is 6.07 Å². The summed E-state index contributed by atoms with van der Waals surface area (Å²) in [4.78, 5) is 19.2. The van der Waals surface area contributed by atoms with E-state index >= 15 is 0 Å². The molecule has 0 aromatic carbocycles. The summed E-state index contributed by atoms with van der Waals surface area (Å²) in [5.74, 6) is -0.479. The zero-order valence-electron chi connectivity index (χ0n) is 6.07. The summed E-state index contributed by atoms with van der Waals surface area (Å²) in [6.45, 7) is 0. The number of carbonyl (C=O) groups is 1. The topological polar surface area (TPSA) is 51.2 Å². The lowest BCUT2D eigenvalue weighted by Gasteiger charge is -1.98. The van der Waals surface area contributed by atoms with Gasteiger partial charge in [0.25, 0.3) is 0 Å². The minimum absolute atomic E-state index is 0.293. The summed E-state index contributed by atoms with van der Waals surface area (Å²) in [5, 5.41) is 0. The van der Waals surface area contributed by atoms with Crippen LogP contribution in [0.1, 0.15) is 10.5 Å². The Balaban J connectivity index is 2.69. The van der Waals surface area contributed by atoms with Gasteiger partial charge in [0, 0.05) is 13.2 Å². The first-order valence-electron chi connectivity index (χ1n) is 3.13. The van der Waals surface area contributed by atoms with Gasteiger partial charge in [-0.15, -0.1) is 0 Å². The van der Waals surface area contributed by atoms with Crippen molar-refractivity contribution in [3.63, 3.8) is 0 Å². The fourth-order valence-electron chi connectivity index (χ4n) is 0.628. The Bertz CT molecular complexity index is 235. The highest BCUT2D eigenvalue weighted by atomic mass is 16.7. The molecule has 4 heteroatoms. The molecule has 1 N–H and O–H groups in total. The molecule has 0 aliphatic carbocycles. The van der Waals surface area contributed by atoms with Crippen LogP contribution in [0.5, 0.6) is 0 Å². The van der Waals surface area contributed by atoms with Crippen LogP contribution in [0.2, 0.25) is 0 Å². The van der Waals surface area contributed by atoms with Crippen LogP contribution in [0, 0.1) is 0 Å². The van der Waals surface area contributed by atoms with E-state index in [9.17, 15) is 4.79 Å². The molecule has 1 aromatic rings. The Hall–Kier alpha value is -1.42. The summed E-state index contributed by atoms with van der Waals surface area (Å²) in [6.07, 6.45) is 1.53. The number of rotatable bonds is 2. The standard InChI is InChI=1S/C7H8N2O2/c1-8-11-7(10)6-4-2-3-5-9-6/h2-5,8H,1H3. The number of hydrogen-bond acceptors (Lipinski definition) is 4. The quantitative estimate of drug-likeness (QED) is 0.622. The average molecular weight is 152 g/mol. The molecule has 1 aromatic heterocycles. The second-order valence-electron chi connectivity index (χ2n) is 1.81. The average Bonchev–Trinajstić information content (AvgIpc) is 2.07. The molecular weight excluding hydrogens is 144 g/mol. The third kappa shape index (κ3) is 2.01. The third-order valence-electron chi connectivity index (χ3n) is 1.07. The van der Waals surface area contributed by atoms with E-state index in [1.807, 2.05) is 0 Å². The molecule has 0 radical (unpaired) electrons. The number of nitrogens with zero attached hydrogens (tertiary/aromatic N) is 1. The molecule has 11 heavy (non-hydrogen) atoms. The lowest BCUT2D eigenvalue weighted by Crippen LogP contribution is -2.15.